The van der Waals surface area contributed by atoms with Gasteiger partial charge in [-0.15, -0.1) is 5.10 Å². The third kappa shape index (κ3) is 2.55. The molecule has 0 amide bonds. The van der Waals surface area contributed by atoms with Crippen LogP contribution in [0.5, 0.6) is 11.5 Å². The summed E-state index contributed by atoms with van der Waals surface area (Å²) in [6.07, 6.45) is 0. The first-order chi connectivity index (χ1) is 9.31. The number of nitrogens with zero attached hydrogens (tertiary/aromatic N) is 2. The number of nitrogens with two attached hydrogens (primary N) is 1. The topological polar surface area (TPSA) is 74.2 Å². The second kappa shape index (κ2) is 4.81. The van der Waals surface area contributed by atoms with Crippen LogP contribution < -0.4 is 10.5 Å². The van der Waals surface area contributed by atoms with Gasteiger partial charge >= 0.3 is 6.01 Å². The molecule has 0 aliphatic rings. The molecule has 1 aromatic heterocycles. The zero-order valence-corrected chi connectivity index (χ0v) is 9.98. The van der Waals surface area contributed by atoms with Gasteiger partial charge in [-0.3, -0.25) is 0 Å². The molecule has 94 valence electrons. The minimum atomic E-state index is 0.0552. The van der Waals surface area contributed by atoms with E-state index in [1.807, 2.05) is 54.6 Å². The van der Waals surface area contributed by atoms with Crippen molar-refractivity contribution < 1.29 is 9.15 Å². The summed E-state index contributed by atoms with van der Waals surface area (Å²) in [6, 6.07) is 17.0. The Morgan fingerprint density at radius 1 is 0.842 bits per heavy atom. The van der Waals surface area contributed by atoms with Gasteiger partial charge in [0.25, 0.3) is 0 Å². The van der Waals surface area contributed by atoms with Crippen molar-refractivity contribution in [3.8, 4) is 23.0 Å². The Balaban J connectivity index is 1.79. The summed E-state index contributed by atoms with van der Waals surface area (Å²) < 4.78 is 10.8. The first-order valence-electron chi connectivity index (χ1n) is 5.73. The van der Waals surface area contributed by atoms with E-state index in [4.69, 9.17) is 14.9 Å². The van der Waals surface area contributed by atoms with E-state index in [1.54, 1.807) is 0 Å². The van der Waals surface area contributed by atoms with E-state index in [2.05, 4.69) is 10.2 Å². The van der Waals surface area contributed by atoms with E-state index in [0.717, 1.165) is 17.1 Å². The minimum Gasteiger partial charge on any atom is -0.457 e. The van der Waals surface area contributed by atoms with Crippen molar-refractivity contribution in [2.75, 3.05) is 5.73 Å². The maximum atomic E-state index is 5.68. The molecule has 0 radical (unpaired) electrons. The summed E-state index contributed by atoms with van der Waals surface area (Å²) in [6.45, 7) is 0. The second-order valence-corrected chi connectivity index (χ2v) is 3.88. The largest absolute Gasteiger partial charge is 0.457 e. The predicted molar refractivity (Wildman–Crippen MR) is 70.7 cm³/mol. The lowest BCUT2D eigenvalue weighted by molar-refractivity contribution is 0.482. The molecule has 3 aromatic rings. The van der Waals surface area contributed by atoms with Crippen molar-refractivity contribution in [1.29, 1.82) is 0 Å². The van der Waals surface area contributed by atoms with Gasteiger partial charge in [0.1, 0.15) is 11.5 Å². The number of anilines is 1. The van der Waals surface area contributed by atoms with Gasteiger partial charge in [0, 0.05) is 5.56 Å². The van der Waals surface area contributed by atoms with Crippen LogP contribution in [0, 0.1) is 0 Å². The smallest absolute Gasteiger partial charge is 0.313 e. The number of hydrogen-bond donors (Lipinski definition) is 1. The highest BCUT2D eigenvalue weighted by molar-refractivity contribution is 5.54. The van der Waals surface area contributed by atoms with Crippen LogP contribution in [0.2, 0.25) is 0 Å². The molecule has 3 rings (SSSR count). The first kappa shape index (κ1) is 11.3. The molecule has 5 heteroatoms. The molecular weight excluding hydrogens is 242 g/mol. The van der Waals surface area contributed by atoms with E-state index in [9.17, 15) is 0 Å². The first-order valence-corrected chi connectivity index (χ1v) is 5.73. The van der Waals surface area contributed by atoms with Crippen molar-refractivity contribution in [2.45, 2.75) is 0 Å². The number of ether oxygens (including phenoxy) is 1. The number of nitrogen functional groups attached to an aromatic ring is 1. The Labute approximate surface area is 109 Å². The Bertz CT molecular complexity index is 663. The fraction of sp³-hybridized carbons (Fsp3) is 0. The quantitative estimate of drug-likeness (QED) is 0.776. The molecule has 5 nitrogen and oxygen atoms in total. The average molecular weight is 253 g/mol. The monoisotopic (exact) mass is 253 g/mol. The van der Waals surface area contributed by atoms with Crippen LogP contribution in [0.1, 0.15) is 0 Å². The summed E-state index contributed by atoms with van der Waals surface area (Å²) in [5.74, 6) is 1.92. The number of para-hydroxylation sites is 1. The Kier molecular flexibility index (Phi) is 2.86. The highest BCUT2D eigenvalue weighted by atomic mass is 16.5. The summed E-state index contributed by atoms with van der Waals surface area (Å²) in [4.78, 5) is 0. The normalized spacial score (nSPS) is 10.3. The summed E-state index contributed by atoms with van der Waals surface area (Å²) in [5.41, 5.74) is 6.18. The van der Waals surface area contributed by atoms with Crippen LogP contribution in [0.3, 0.4) is 0 Å². The van der Waals surface area contributed by atoms with Crippen LogP contribution in [0.15, 0.2) is 59.0 Å². The fourth-order valence-electron chi connectivity index (χ4n) is 1.64. The molecule has 0 unspecified atom stereocenters. The maximum Gasteiger partial charge on any atom is 0.313 e. The van der Waals surface area contributed by atoms with Gasteiger partial charge in [0.15, 0.2) is 0 Å². The van der Waals surface area contributed by atoms with Crippen LogP contribution in [0.25, 0.3) is 11.5 Å². The van der Waals surface area contributed by atoms with E-state index in [-0.39, 0.29) is 6.01 Å². The molecule has 0 spiro atoms. The molecule has 2 N–H and O–H groups in total. The van der Waals surface area contributed by atoms with Crippen molar-refractivity contribution in [1.82, 2.24) is 10.2 Å². The van der Waals surface area contributed by atoms with Gasteiger partial charge in [-0.2, -0.15) is 0 Å². The zero-order chi connectivity index (χ0) is 13.1. The van der Waals surface area contributed by atoms with E-state index in [0.29, 0.717) is 5.89 Å². The highest BCUT2D eigenvalue weighted by Crippen LogP contribution is 2.25. The van der Waals surface area contributed by atoms with Gasteiger partial charge in [-0.05, 0) is 36.4 Å². The Morgan fingerprint density at radius 2 is 1.53 bits per heavy atom. The standard InChI is InChI=1S/C14H11N3O2/c15-14-17-16-13(19-14)10-6-8-12(9-7-10)18-11-4-2-1-3-5-11/h1-9H,(H2,15,17). The molecule has 19 heavy (non-hydrogen) atoms. The molecule has 0 saturated carbocycles. The number of benzene rings is 2. The lowest BCUT2D eigenvalue weighted by Gasteiger charge is -2.05. The van der Waals surface area contributed by atoms with Gasteiger partial charge < -0.3 is 14.9 Å². The Hall–Kier alpha value is -2.82. The van der Waals surface area contributed by atoms with E-state index < -0.39 is 0 Å². The summed E-state index contributed by atoms with van der Waals surface area (Å²) in [5, 5.41) is 7.43. The SMILES string of the molecule is Nc1nnc(-c2ccc(Oc3ccccc3)cc2)o1. The third-order valence-corrected chi connectivity index (χ3v) is 2.52. The molecule has 2 aromatic carbocycles. The van der Waals surface area contributed by atoms with E-state index in [1.165, 1.54) is 0 Å². The van der Waals surface area contributed by atoms with Gasteiger partial charge in [-0.1, -0.05) is 23.3 Å². The maximum absolute atomic E-state index is 5.68. The predicted octanol–water partition coefficient (Wildman–Crippen LogP) is 3.11. The summed E-state index contributed by atoms with van der Waals surface area (Å²) in [7, 11) is 0. The van der Waals surface area contributed by atoms with Crippen molar-refractivity contribution in [3.63, 3.8) is 0 Å². The average Bonchev–Trinajstić information content (AvgIpc) is 2.87. The fourth-order valence-corrected chi connectivity index (χ4v) is 1.64. The second-order valence-electron chi connectivity index (χ2n) is 3.88. The van der Waals surface area contributed by atoms with Crippen molar-refractivity contribution in [2.24, 2.45) is 0 Å². The molecule has 0 atom stereocenters. The van der Waals surface area contributed by atoms with Crippen LogP contribution in [-0.2, 0) is 0 Å². The lowest BCUT2D eigenvalue weighted by atomic mass is 10.2. The third-order valence-electron chi connectivity index (χ3n) is 2.52. The molecular formula is C14H11N3O2. The number of hydrogen-bond acceptors (Lipinski definition) is 5. The molecule has 0 fully saturated rings. The molecule has 0 saturated heterocycles. The molecule has 0 aliphatic carbocycles. The van der Waals surface area contributed by atoms with Crippen LogP contribution >= 0.6 is 0 Å². The van der Waals surface area contributed by atoms with Crippen LogP contribution in [-0.4, -0.2) is 10.2 Å². The number of aromatic nitrogens is 2. The van der Waals surface area contributed by atoms with Crippen molar-refractivity contribution in [3.05, 3.63) is 54.6 Å². The highest BCUT2D eigenvalue weighted by Gasteiger charge is 2.06. The van der Waals surface area contributed by atoms with Crippen molar-refractivity contribution >= 4 is 6.01 Å². The van der Waals surface area contributed by atoms with Gasteiger partial charge in [-0.25, -0.2) is 0 Å². The zero-order valence-electron chi connectivity index (χ0n) is 9.98. The molecule has 1 heterocycles. The van der Waals surface area contributed by atoms with Crippen LogP contribution in [0.4, 0.5) is 6.01 Å². The Morgan fingerprint density at radius 3 is 2.16 bits per heavy atom. The molecule has 0 aliphatic heterocycles. The van der Waals surface area contributed by atoms with E-state index >= 15 is 0 Å². The lowest BCUT2D eigenvalue weighted by Crippen LogP contribution is -1.84. The molecule has 0 bridgehead atoms. The van der Waals surface area contributed by atoms with Gasteiger partial charge in [0.05, 0.1) is 0 Å². The number of rotatable bonds is 3. The summed E-state index contributed by atoms with van der Waals surface area (Å²) >= 11 is 0. The minimum absolute atomic E-state index is 0.0552. The van der Waals surface area contributed by atoms with Gasteiger partial charge in [0.2, 0.25) is 5.89 Å².